The van der Waals surface area contributed by atoms with Crippen LogP contribution in [0, 0.1) is 11.8 Å². The Bertz CT molecular complexity index is 651. The lowest BCUT2D eigenvalue weighted by Crippen LogP contribution is -2.17. The van der Waals surface area contributed by atoms with Crippen molar-refractivity contribution in [3.8, 4) is 11.3 Å². The zero-order valence-electron chi connectivity index (χ0n) is 14.3. The van der Waals surface area contributed by atoms with Crippen molar-refractivity contribution in [1.82, 2.24) is 9.97 Å². The number of carbonyl (C=O) groups excluding carboxylic acids is 1. The number of benzene rings is 1. The highest BCUT2D eigenvalue weighted by molar-refractivity contribution is 5.90. The van der Waals surface area contributed by atoms with Crippen LogP contribution in [0.4, 0.5) is 5.82 Å². The molecule has 1 amide bonds. The zero-order chi connectivity index (χ0) is 16.8. The molecule has 0 aliphatic carbocycles. The van der Waals surface area contributed by atoms with Gasteiger partial charge in [-0.15, -0.1) is 0 Å². The lowest BCUT2D eigenvalue weighted by molar-refractivity contribution is -0.116. The average molecular weight is 311 g/mol. The molecule has 0 saturated heterocycles. The molecule has 0 bridgehead atoms. The Morgan fingerprint density at radius 2 is 1.78 bits per heavy atom. The number of hydrogen-bond donors (Lipinski definition) is 1. The van der Waals surface area contributed by atoms with Crippen LogP contribution >= 0.6 is 0 Å². The Labute approximate surface area is 138 Å². The van der Waals surface area contributed by atoms with E-state index in [0.29, 0.717) is 24.1 Å². The van der Waals surface area contributed by atoms with Gasteiger partial charge in [-0.25, -0.2) is 9.97 Å². The first-order valence-corrected chi connectivity index (χ1v) is 8.17. The van der Waals surface area contributed by atoms with Crippen LogP contribution in [0.15, 0.2) is 36.5 Å². The van der Waals surface area contributed by atoms with Crippen LogP contribution in [0.2, 0.25) is 0 Å². The molecular weight excluding hydrogens is 286 g/mol. The Morgan fingerprint density at radius 3 is 2.39 bits per heavy atom. The first-order chi connectivity index (χ1) is 11.0. The van der Waals surface area contributed by atoms with Crippen LogP contribution in [0.25, 0.3) is 11.3 Å². The van der Waals surface area contributed by atoms with Crippen molar-refractivity contribution in [2.24, 2.45) is 11.8 Å². The van der Waals surface area contributed by atoms with Crippen LogP contribution in [-0.4, -0.2) is 15.9 Å². The second-order valence-corrected chi connectivity index (χ2v) is 6.66. The van der Waals surface area contributed by atoms with Gasteiger partial charge in [-0.1, -0.05) is 58.0 Å². The maximum Gasteiger partial charge on any atom is 0.225 e. The van der Waals surface area contributed by atoms with Crippen molar-refractivity contribution < 1.29 is 4.79 Å². The molecule has 0 aliphatic heterocycles. The number of hydrogen-bond acceptors (Lipinski definition) is 3. The van der Waals surface area contributed by atoms with Gasteiger partial charge >= 0.3 is 0 Å². The molecule has 2 aromatic rings. The summed E-state index contributed by atoms with van der Waals surface area (Å²) in [6.07, 6.45) is 3.00. The highest BCUT2D eigenvalue weighted by Crippen LogP contribution is 2.21. The first-order valence-electron chi connectivity index (χ1n) is 8.17. The van der Waals surface area contributed by atoms with E-state index in [1.165, 1.54) is 0 Å². The van der Waals surface area contributed by atoms with E-state index in [1.54, 1.807) is 6.20 Å². The second kappa shape index (κ2) is 7.86. The summed E-state index contributed by atoms with van der Waals surface area (Å²) in [7, 11) is 0. The van der Waals surface area contributed by atoms with Crippen molar-refractivity contribution in [3.05, 3.63) is 42.2 Å². The van der Waals surface area contributed by atoms with Crippen molar-refractivity contribution in [3.63, 3.8) is 0 Å². The third kappa shape index (κ3) is 5.16. The van der Waals surface area contributed by atoms with E-state index in [-0.39, 0.29) is 5.91 Å². The summed E-state index contributed by atoms with van der Waals surface area (Å²) in [6, 6.07) is 9.97. The van der Waals surface area contributed by atoms with Gasteiger partial charge in [0.15, 0.2) is 5.82 Å². The summed E-state index contributed by atoms with van der Waals surface area (Å²) in [4.78, 5) is 21.2. The molecular formula is C19H25N3O. The molecule has 4 nitrogen and oxygen atoms in total. The molecule has 1 aromatic heterocycles. The quantitative estimate of drug-likeness (QED) is 0.864. The van der Waals surface area contributed by atoms with Crippen molar-refractivity contribution in [1.29, 1.82) is 0 Å². The average Bonchev–Trinajstić information content (AvgIpc) is 2.48. The summed E-state index contributed by atoms with van der Waals surface area (Å²) in [5.41, 5.74) is 2.71. The van der Waals surface area contributed by atoms with E-state index >= 15 is 0 Å². The molecule has 1 heterocycles. The largest absolute Gasteiger partial charge is 0.309 e. The third-order valence-electron chi connectivity index (χ3n) is 3.37. The number of nitrogens with one attached hydrogen (secondary N) is 1. The molecule has 0 unspecified atom stereocenters. The highest BCUT2D eigenvalue weighted by atomic mass is 16.1. The fraction of sp³-hybridized carbons (Fsp3) is 0.421. The fourth-order valence-electron chi connectivity index (χ4n) is 2.36. The SMILES string of the molecule is CC(C)CC(=O)Nc1ncc(-c2ccccc2)nc1CC(C)C. The fourth-order valence-corrected chi connectivity index (χ4v) is 2.36. The second-order valence-electron chi connectivity index (χ2n) is 6.66. The normalized spacial score (nSPS) is 11.0. The van der Waals surface area contributed by atoms with Crippen LogP contribution in [0.5, 0.6) is 0 Å². The molecule has 0 aliphatic rings. The molecule has 0 fully saturated rings. The number of rotatable bonds is 6. The standard InChI is InChI=1S/C19H25N3O/c1-13(2)10-16-19(22-18(23)11-14(3)4)20-12-17(21-16)15-8-6-5-7-9-15/h5-9,12-14H,10-11H2,1-4H3,(H,20,22,23). The minimum absolute atomic E-state index is 0.00762. The van der Waals surface area contributed by atoms with Gasteiger partial charge in [0.05, 0.1) is 17.6 Å². The van der Waals surface area contributed by atoms with Gasteiger partial charge in [0, 0.05) is 12.0 Å². The molecule has 0 atom stereocenters. The van der Waals surface area contributed by atoms with Crippen molar-refractivity contribution in [2.75, 3.05) is 5.32 Å². The zero-order valence-corrected chi connectivity index (χ0v) is 14.3. The molecule has 0 spiro atoms. The molecule has 122 valence electrons. The number of aromatic nitrogens is 2. The topological polar surface area (TPSA) is 54.9 Å². The monoisotopic (exact) mass is 311 g/mol. The van der Waals surface area contributed by atoms with Gasteiger partial charge in [-0.2, -0.15) is 0 Å². The molecule has 2 rings (SSSR count). The maximum absolute atomic E-state index is 12.0. The van der Waals surface area contributed by atoms with Crippen LogP contribution in [-0.2, 0) is 11.2 Å². The minimum atomic E-state index is -0.00762. The molecule has 0 saturated carbocycles. The number of amides is 1. The van der Waals surface area contributed by atoms with E-state index in [9.17, 15) is 4.79 Å². The van der Waals surface area contributed by atoms with E-state index in [1.807, 2.05) is 44.2 Å². The summed E-state index contributed by atoms with van der Waals surface area (Å²) < 4.78 is 0. The van der Waals surface area contributed by atoms with E-state index in [4.69, 9.17) is 4.98 Å². The smallest absolute Gasteiger partial charge is 0.225 e. The van der Waals surface area contributed by atoms with Gasteiger partial charge in [0.25, 0.3) is 0 Å². The predicted octanol–water partition coefficient (Wildman–Crippen LogP) is 4.33. The summed E-state index contributed by atoms with van der Waals surface area (Å²) in [5, 5.41) is 2.91. The van der Waals surface area contributed by atoms with Crippen LogP contribution in [0.1, 0.15) is 39.8 Å². The van der Waals surface area contributed by atoms with Crippen LogP contribution in [0.3, 0.4) is 0 Å². The summed E-state index contributed by atoms with van der Waals surface area (Å²) >= 11 is 0. The lowest BCUT2D eigenvalue weighted by atomic mass is 10.1. The minimum Gasteiger partial charge on any atom is -0.309 e. The van der Waals surface area contributed by atoms with Crippen molar-refractivity contribution >= 4 is 11.7 Å². The third-order valence-corrected chi connectivity index (χ3v) is 3.37. The predicted molar refractivity (Wildman–Crippen MR) is 94.1 cm³/mol. The summed E-state index contributed by atoms with van der Waals surface area (Å²) in [6.45, 7) is 8.32. The molecule has 1 N–H and O–H groups in total. The molecule has 0 radical (unpaired) electrons. The number of anilines is 1. The lowest BCUT2D eigenvalue weighted by Gasteiger charge is -2.13. The van der Waals surface area contributed by atoms with Crippen LogP contribution < -0.4 is 5.32 Å². The molecule has 1 aromatic carbocycles. The van der Waals surface area contributed by atoms with Gasteiger partial charge < -0.3 is 5.32 Å². The first kappa shape index (κ1) is 17.1. The Morgan fingerprint density at radius 1 is 1.09 bits per heavy atom. The number of carbonyl (C=O) groups is 1. The Balaban J connectivity index is 2.29. The molecule has 23 heavy (non-hydrogen) atoms. The van der Waals surface area contributed by atoms with Gasteiger partial charge in [-0.05, 0) is 18.3 Å². The highest BCUT2D eigenvalue weighted by Gasteiger charge is 2.14. The summed E-state index contributed by atoms with van der Waals surface area (Å²) in [5.74, 6) is 1.34. The van der Waals surface area contributed by atoms with Gasteiger partial charge in [0.2, 0.25) is 5.91 Å². The Hall–Kier alpha value is -2.23. The molecule has 4 heteroatoms. The number of nitrogens with zero attached hydrogens (tertiary/aromatic N) is 2. The Kier molecular flexibility index (Phi) is 5.85. The van der Waals surface area contributed by atoms with Crippen molar-refractivity contribution in [2.45, 2.75) is 40.5 Å². The maximum atomic E-state index is 12.0. The van der Waals surface area contributed by atoms with E-state index in [0.717, 1.165) is 23.4 Å². The van der Waals surface area contributed by atoms with E-state index in [2.05, 4.69) is 24.1 Å². The van der Waals surface area contributed by atoms with Gasteiger partial charge in [0.1, 0.15) is 0 Å². The van der Waals surface area contributed by atoms with E-state index < -0.39 is 0 Å². The van der Waals surface area contributed by atoms with Gasteiger partial charge in [-0.3, -0.25) is 4.79 Å².